The molecule has 3 N–H and O–H groups in total. The van der Waals surface area contributed by atoms with Crippen molar-refractivity contribution in [2.24, 2.45) is 5.14 Å². The molecule has 140 valence electrons. The van der Waals surface area contributed by atoms with Crippen LogP contribution in [0, 0.1) is 6.92 Å². The molecule has 0 aromatic heterocycles. The minimum Gasteiger partial charge on any atom is -0.495 e. The summed E-state index contributed by atoms with van der Waals surface area (Å²) in [6.07, 6.45) is 0. The zero-order chi connectivity index (χ0) is 19.7. The van der Waals surface area contributed by atoms with Gasteiger partial charge in [0.2, 0.25) is 10.0 Å². The molecule has 0 spiro atoms. The van der Waals surface area contributed by atoms with Crippen molar-refractivity contribution in [1.29, 1.82) is 0 Å². The maximum atomic E-state index is 12.5. The summed E-state index contributed by atoms with van der Waals surface area (Å²) >= 11 is 3.26. The summed E-state index contributed by atoms with van der Waals surface area (Å²) in [5, 5.41) is 5.05. The van der Waals surface area contributed by atoms with Gasteiger partial charge in [-0.3, -0.25) is 4.79 Å². The lowest BCUT2D eigenvalue weighted by atomic mass is 10.1. The van der Waals surface area contributed by atoms with E-state index in [1.54, 1.807) is 6.92 Å². The van der Waals surface area contributed by atoms with Crippen molar-refractivity contribution in [3.8, 4) is 5.75 Å². The largest absolute Gasteiger partial charge is 0.495 e. The smallest absolute Gasteiger partial charge is 0.265 e. The quantitative estimate of drug-likeness (QED) is 0.691. The number of hydrogen-bond donors (Lipinski definition) is 2. The molecule has 0 atom stereocenters. The van der Waals surface area contributed by atoms with Gasteiger partial charge in [-0.25, -0.2) is 26.7 Å². The van der Waals surface area contributed by atoms with Crippen LogP contribution in [0.2, 0.25) is 0 Å². The number of carbonyl (C=O) groups is 1. The highest BCUT2D eigenvalue weighted by Crippen LogP contribution is 2.31. The van der Waals surface area contributed by atoms with Crippen molar-refractivity contribution >= 4 is 41.9 Å². The number of nitrogens with two attached hydrogens (primary N) is 1. The molecule has 0 saturated carbocycles. The lowest BCUT2D eigenvalue weighted by Crippen LogP contribution is -2.32. The molecule has 0 heterocycles. The van der Waals surface area contributed by atoms with Crippen molar-refractivity contribution < 1.29 is 26.4 Å². The van der Waals surface area contributed by atoms with E-state index in [0.29, 0.717) is 15.8 Å². The Bertz CT molecular complexity index is 1080. The molecule has 0 saturated heterocycles. The zero-order valence-corrected chi connectivity index (χ0v) is 16.9. The highest BCUT2D eigenvalue weighted by atomic mass is 79.9. The Kier molecular flexibility index (Phi) is 5.76. The van der Waals surface area contributed by atoms with Crippen LogP contribution in [-0.4, -0.2) is 29.9 Å². The van der Waals surface area contributed by atoms with Crippen LogP contribution in [0.25, 0.3) is 0 Å². The van der Waals surface area contributed by atoms with E-state index >= 15 is 0 Å². The topological polar surface area (TPSA) is 133 Å². The third kappa shape index (κ3) is 4.06. The lowest BCUT2D eigenvalue weighted by molar-refractivity contribution is 0.0980. The Balaban J connectivity index is 2.48. The predicted molar refractivity (Wildman–Crippen MR) is 97.9 cm³/mol. The van der Waals surface area contributed by atoms with Gasteiger partial charge >= 0.3 is 0 Å². The Morgan fingerprint density at radius 1 is 1.08 bits per heavy atom. The van der Waals surface area contributed by atoms with Crippen molar-refractivity contribution in [1.82, 2.24) is 4.72 Å². The predicted octanol–water partition coefficient (Wildman–Crippen LogP) is 1.53. The van der Waals surface area contributed by atoms with Crippen molar-refractivity contribution in [3.63, 3.8) is 0 Å². The molecule has 0 aliphatic carbocycles. The maximum Gasteiger partial charge on any atom is 0.265 e. The van der Waals surface area contributed by atoms with E-state index in [1.807, 2.05) is 4.72 Å². The molecule has 0 aliphatic heterocycles. The molecular weight excluding hydrogens is 448 g/mol. The average molecular weight is 463 g/mol. The van der Waals surface area contributed by atoms with Gasteiger partial charge in [-0.15, -0.1) is 0 Å². The third-order valence-electron chi connectivity index (χ3n) is 3.48. The average Bonchev–Trinajstić information content (AvgIpc) is 2.54. The maximum absolute atomic E-state index is 12.5. The molecular formula is C15H15BrN2O6S2. The van der Waals surface area contributed by atoms with Gasteiger partial charge in [0.05, 0.1) is 11.6 Å². The van der Waals surface area contributed by atoms with Crippen molar-refractivity contribution in [2.45, 2.75) is 16.7 Å². The first-order valence-electron chi connectivity index (χ1n) is 7.01. The first-order chi connectivity index (χ1) is 12.0. The SMILES string of the molecule is COc1c(Br)ccc(C(=O)NS(=O)(=O)c2ccccc2S(N)(=O)=O)c1C. The summed E-state index contributed by atoms with van der Waals surface area (Å²) in [6.45, 7) is 1.59. The first-order valence-corrected chi connectivity index (χ1v) is 10.8. The molecule has 8 nitrogen and oxygen atoms in total. The molecule has 0 fully saturated rings. The van der Waals surface area contributed by atoms with Crippen molar-refractivity contribution in [3.05, 3.63) is 52.0 Å². The summed E-state index contributed by atoms with van der Waals surface area (Å²) < 4.78 is 55.9. The second-order valence-electron chi connectivity index (χ2n) is 5.18. The van der Waals surface area contributed by atoms with Crippen molar-refractivity contribution in [2.75, 3.05) is 7.11 Å². The van der Waals surface area contributed by atoms with Gasteiger partial charge in [0.15, 0.2) is 0 Å². The van der Waals surface area contributed by atoms with Crippen LogP contribution < -0.4 is 14.6 Å². The van der Waals surface area contributed by atoms with Gasteiger partial charge in [-0.05, 0) is 47.1 Å². The van der Waals surface area contributed by atoms with Gasteiger partial charge in [0.25, 0.3) is 15.9 Å². The van der Waals surface area contributed by atoms with Crippen LogP contribution in [0.1, 0.15) is 15.9 Å². The Hall–Kier alpha value is -1.95. The summed E-state index contributed by atoms with van der Waals surface area (Å²) in [7, 11) is -7.37. The number of halogens is 1. The standard InChI is InChI=1S/C15H15BrN2O6S2/c1-9-10(7-8-11(16)14(9)24-2)15(19)18-26(22,23)13-6-4-3-5-12(13)25(17,20)21/h3-8H,1-2H3,(H,18,19)(H2,17,20,21). The van der Waals surface area contributed by atoms with Gasteiger partial charge in [-0.1, -0.05) is 12.1 Å². The second-order valence-corrected chi connectivity index (χ2v) is 9.21. The number of nitrogens with one attached hydrogen (secondary N) is 1. The van der Waals surface area contributed by atoms with E-state index < -0.39 is 35.7 Å². The van der Waals surface area contributed by atoms with E-state index in [2.05, 4.69) is 15.9 Å². The summed E-state index contributed by atoms with van der Waals surface area (Å²) in [6, 6.07) is 7.68. The Morgan fingerprint density at radius 3 is 2.19 bits per heavy atom. The summed E-state index contributed by atoms with van der Waals surface area (Å²) in [5.41, 5.74) is 0.469. The molecule has 0 unspecified atom stereocenters. The third-order valence-corrected chi connectivity index (χ3v) is 6.59. The second kappa shape index (κ2) is 7.35. The number of benzene rings is 2. The summed E-state index contributed by atoms with van der Waals surface area (Å²) in [4.78, 5) is 11.2. The van der Waals surface area contributed by atoms with E-state index in [0.717, 1.165) is 12.1 Å². The number of sulfonamides is 2. The van der Waals surface area contributed by atoms with Crippen LogP contribution in [0.3, 0.4) is 0 Å². The Labute approximate surface area is 159 Å². The normalized spacial score (nSPS) is 11.8. The molecule has 2 aromatic carbocycles. The first kappa shape index (κ1) is 20.4. The lowest BCUT2D eigenvalue weighted by Gasteiger charge is -2.13. The number of rotatable bonds is 5. The molecule has 26 heavy (non-hydrogen) atoms. The molecule has 2 rings (SSSR count). The number of ether oxygens (including phenoxy) is 1. The van der Waals surface area contributed by atoms with Crippen LogP contribution in [0.15, 0.2) is 50.7 Å². The molecule has 0 aliphatic rings. The Morgan fingerprint density at radius 2 is 1.65 bits per heavy atom. The number of methoxy groups -OCH3 is 1. The van der Waals surface area contributed by atoms with Gasteiger partial charge in [0, 0.05) is 11.1 Å². The monoisotopic (exact) mass is 462 g/mol. The molecule has 1 amide bonds. The van der Waals surface area contributed by atoms with E-state index in [4.69, 9.17) is 9.88 Å². The fourth-order valence-corrected chi connectivity index (χ4v) is 5.23. The van der Waals surface area contributed by atoms with Crippen LogP contribution >= 0.6 is 15.9 Å². The van der Waals surface area contributed by atoms with E-state index in [-0.39, 0.29) is 5.56 Å². The molecule has 11 heteroatoms. The van der Waals surface area contributed by atoms with Gasteiger partial charge in [0.1, 0.15) is 15.5 Å². The highest BCUT2D eigenvalue weighted by Gasteiger charge is 2.27. The number of carbonyl (C=O) groups excluding carboxylic acids is 1. The van der Waals surface area contributed by atoms with Crippen LogP contribution in [0.4, 0.5) is 0 Å². The van der Waals surface area contributed by atoms with Crippen LogP contribution in [0.5, 0.6) is 5.75 Å². The zero-order valence-electron chi connectivity index (χ0n) is 13.7. The fourth-order valence-electron chi connectivity index (χ4n) is 2.29. The minimum atomic E-state index is -4.48. The summed E-state index contributed by atoms with van der Waals surface area (Å²) in [5.74, 6) is -0.558. The van der Waals surface area contributed by atoms with Gasteiger partial charge in [-0.2, -0.15) is 0 Å². The molecule has 0 bridgehead atoms. The number of amides is 1. The van der Waals surface area contributed by atoms with E-state index in [1.165, 1.54) is 31.4 Å². The fraction of sp³-hybridized carbons (Fsp3) is 0.133. The highest BCUT2D eigenvalue weighted by molar-refractivity contribution is 9.10. The van der Waals surface area contributed by atoms with Crippen LogP contribution in [-0.2, 0) is 20.0 Å². The number of hydrogen-bond acceptors (Lipinski definition) is 6. The van der Waals surface area contributed by atoms with Gasteiger partial charge < -0.3 is 4.74 Å². The minimum absolute atomic E-state index is 0.0571. The number of primary sulfonamides is 1. The van der Waals surface area contributed by atoms with E-state index in [9.17, 15) is 21.6 Å². The molecule has 0 radical (unpaired) electrons. The molecule has 2 aromatic rings.